The summed E-state index contributed by atoms with van der Waals surface area (Å²) in [6, 6.07) is 6.26. The van der Waals surface area contributed by atoms with E-state index in [2.05, 4.69) is 15.0 Å². The number of carbonyl (C=O) groups excluding carboxylic acids is 1. The molecule has 2 aromatic heterocycles. The van der Waals surface area contributed by atoms with E-state index in [1.807, 2.05) is 23.2 Å². The molecule has 136 valence electrons. The molecule has 2 bridgehead atoms. The van der Waals surface area contributed by atoms with Crippen molar-refractivity contribution >= 4 is 5.91 Å². The molecule has 6 nitrogen and oxygen atoms in total. The van der Waals surface area contributed by atoms with Gasteiger partial charge in [0.25, 0.3) is 5.91 Å². The van der Waals surface area contributed by atoms with E-state index >= 15 is 0 Å². The van der Waals surface area contributed by atoms with Crippen LogP contribution in [0.5, 0.6) is 0 Å². The molecule has 3 aliphatic rings. The maximum Gasteiger partial charge on any atom is 0.254 e. The van der Waals surface area contributed by atoms with Gasteiger partial charge in [0.05, 0.1) is 0 Å². The summed E-state index contributed by atoms with van der Waals surface area (Å²) in [5, 5.41) is 4.19. The van der Waals surface area contributed by atoms with Crippen molar-refractivity contribution in [1.82, 2.24) is 24.6 Å². The number of hydrogen-bond donors (Lipinski definition) is 0. The van der Waals surface area contributed by atoms with E-state index in [1.165, 1.54) is 25.7 Å². The average molecular weight is 351 g/mol. The maximum absolute atomic E-state index is 12.9. The molecular formula is C20H25N5O. The van der Waals surface area contributed by atoms with E-state index in [0.717, 1.165) is 44.1 Å². The number of piperazine rings is 1. The number of fused-ring (bicyclic) bond motifs is 2. The Labute approximate surface area is 153 Å². The van der Waals surface area contributed by atoms with Crippen LogP contribution >= 0.6 is 0 Å². The van der Waals surface area contributed by atoms with Crippen molar-refractivity contribution in [3.63, 3.8) is 0 Å². The van der Waals surface area contributed by atoms with Crippen molar-refractivity contribution in [3.05, 3.63) is 42.4 Å². The number of nitrogens with zero attached hydrogens (tertiary/aromatic N) is 5. The highest BCUT2D eigenvalue weighted by Crippen LogP contribution is 2.46. The van der Waals surface area contributed by atoms with Gasteiger partial charge in [-0.25, -0.2) is 9.67 Å². The Hall–Kier alpha value is -2.21. The van der Waals surface area contributed by atoms with Gasteiger partial charge in [0, 0.05) is 56.4 Å². The first kappa shape index (κ1) is 16.0. The summed E-state index contributed by atoms with van der Waals surface area (Å²) in [7, 11) is 0. The number of amides is 1. The molecule has 6 heteroatoms. The molecular weight excluding hydrogens is 326 g/mol. The zero-order valence-corrected chi connectivity index (χ0v) is 15.0. The Morgan fingerprint density at radius 3 is 2.65 bits per heavy atom. The van der Waals surface area contributed by atoms with Gasteiger partial charge in [-0.15, -0.1) is 0 Å². The Balaban J connectivity index is 1.24. The van der Waals surface area contributed by atoms with Crippen LogP contribution in [0.2, 0.25) is 0 Å². The third kappa shape index (κ3) is 2.82. The van der Waals surface area contributed by atoms with Crippen LogP contribution < -0.4 is 0 Å². The lowest BCUT2D eigenvalue weighted by atomic mass is 9.93. The van der Waals surface area contributed by atoms with Gasteiger partial charge in [-0.3, -0.25) is 9.69 Å². The molecule has 1 amide bonds. The predicted molar refractivity (Wildman–Crippen MR) is 98.1 cm³/mol. The lowest BCUT2D eigenvalue weighted by Crippen LogP contribution is -2.53. The first-order valence-electron chi connectivity index (χ1n) is 9.77. The van der Waals surface area contributed by atoms with Crippen LogP contribution in [0, 0.1) is 11.8 Å². The second-order valence-electron chi connectivity index (χ2n) is 7.92. The van der Waals surface area contributed by atoms with Gasteiger partial charge in [-0.05, 0) is 49.3 Å². The zero-order chi connectivity index (χ0) is 17.5. The van der Waals surface area contributed by atoms with Crippen molar-refractivity contribution in [2.75, 3.05) is 26.2 Å². The lowest BCUT2D eigenvalue weighted by Gasteiger charge is -2.41. The molecule has 3 fully saturated rings. The molecule has 0 spiro atoms. The van der Waals surface area contributed by atoms with Crippen molar-refractivity contribution in [3.8, 4) is 5.82 Å². The van der Waals surface area contributed by atoms with E-state index in [1.54, 1.807) is 23.1 Å². The summed E-state index contributed by atoms with van der Waals surface area (Å²) in [6.45, 7) is 3.67. The van der Waals surface area contributed by atoms with Crippen LogP contribution in [0.1, 0.15) is 36.0 Å². The average Bonchev–Trinajstić information content (AvgIpc) is 3.45. The first-order chi connectivity index (χ1) is 12.8. The van der Waals surface area contributed by atoms with Gasteiger partial charge in [0.1, 0.15) is 0 Å². The molecule has 1 saturated heterocycles. The van der Waals surface area contributed by atoms with Crippen LogP contribution in [-0.2, 0) is 0 Å². The summed E-state index contributed by atoms with van der Waals surface area (Å²) in [5.41, 5.74) is 0.693. The molecule has 3 heterocycles. The van der Waals surface area contributed by atoms with Crippen LogP contribution in [-0.4, -0.2) is 62.7 Å². The highest BCUT2D eigenvalue weighted by molar-refractivity contribution is 5.94. The Bertz CT molecular complexity index is 781. The molecule has 5 rings (SSSR count). The van der Waals surface area contributed by atoms with E-state index in [-0.39, 0.29) is 5.91 Å². The summed E-state index contributed by atoms with van der Waals surface area (Å²) in [6.07, 6.45) is 10.9. The fraction of sp³-hybridized carbons (Fsp3) is 0.550. The third-order valence-electron chi connectivity index (χ3n) is 6.50. The minimum Gasteiger partial charge on any atom is -0.336 e. The number of hydrogen-bond acceptors (Lipinski definition) is 4. The maximum atomic E-state index is 12.9. The molecule has 26 heavy (non-hydrogen) atoms. The third-order valence-corrected chi connectivity index (χ3v) is 6.50. The van der Waals surface area contributed by atoms with Crippen LogP contribution in [0.25, 0.3) is 5.82 Å². The van der Waals surface area contributed by atoms with E-state index in [0.29, 0.717) is 11.4 Å². The van der Waals surface area contributed by atoms with Crippen LogP contribution in [0.4, 0.5) is 0 Å². The second-order valence-corrected chi connectivity index (χ2v) is 7.92. The quantitative estimate of drug-likeness (QED) is 0.851. The SMILES string of the molecule is O=C(c1ccnc(-n2cccn2)c1)N1CCN([C@@H]2C[C@@H]3CC[C@H]2C3)CC1. The molecule has 2 aliphatic carbocycles. The fourth-order valence-corrected chi connectivity index (χ4v) is 5.18. The van der Waals surface area contributed by atoms with Gasteiger partial charge in [0.15, 0.2) is 5.82 Å². The minimum absolute atomic E-state index is 0.105. The summed E-state index contributed by atoms with van der Waals surface area (Å²) in [4.78, 5) is 21.9. The lowest BCUT2D eigenvalue weighted by molar-refractivity contribution is 0.0495. The van der Waals surface area contributed by atoms with Gasteiger partial charge in [0.2, 0.25) is 0 Å². The Morgan fingerprint density at radius 2 is 1.96 bits per heavy atom. The highest BCUT2D eigenvalue weighted by atomic mass is 16.2. The molecule has 2 saturated carbocycles. The summed E-state index contributed by atoms with van der Waals surface area (Å²) >= 11 is 0. The minimum atomic E-state index is 0.105. The van der Waals surface area contributed by atoms with E-state index in [9.17, 15) is 4.79 Å². The number of carbonyl (C=O) groups is 1. The molecule has 3 atom stereocenters. The fourth-order valence-electron chi connectivity index (χ4n) is 5.18. The molecule has 0 unspecified atom stereocenters. The highest BCUT2D eigenvalue weighted by Gasteiger charge is 2.42. The van der Waals surface area contributed by atoms with Crippen molar-refractivity contribution in [2.45, 2.75) is 31.7 Å². The van der Waals surface area contributed by atoms with Crippen molar-refractivity contribution in [1.29, 1.82) is 0 Å². The topological polar surface area (TPSA) is 54.3 Å². The molecule has 0 radical (unpaired) electrons. The van der Waals surface area contributed by atoms with Crippen molar-refractivity contribution < 1.29 is 4.79 Å². The van der Waals surface area contributed by atoms with Crippen LogP contribution in [0.3, 0.4) is 0 Å². The molecule has 0 N–H and O–H groups in total. The second kappa shape index (κ2) is 6.50. The van der Waals surface area contributed by atoms with E-state index in [4.69, 9.17) is 0 Å². The smallest absolute Gasteiger partial charge is 0.254 e. The van der Waals surface area contributed by atoms with E-state index < -0.39 is 0 Å². The van der Waals surface area contributed by atoms with Gasteiger partial charge in [-0.2, -0.15) is 5.10 Å². The Morgan fingerprint density at radius 1 is 1.08 bits per heavy atom. The van der Waals surface area contributed by atoms with Crippen molar-refractivity contribution in [2.24, 2.45) is 11.8 Å². The largest absolute Gasteiger partial charge is 0.336 e. The predicted octanol–water partition coefficient (Wildman–Crippen LogP) is 2.21. The summed E-state index contributed by atoms with van der Waals surface area (Å²) in [5.74, 6) is 2.68. The van der Waals surface area contributed by atoms with Crippen LogP contribution in [0.15, 0.2) is 36.8 Å². The number of rotatable bonds is 3. The van der Waals surface area contributed by atoms with Gasteiger partial charge in [-0.1, -0.05) is 6.42 Å². The number of aromatic nitrogens is 3. The molecule has 1 aliphatic heterocycles. The first-order valence-corrected chi connectivity index (χ1v) is 9.77. The standard InChI is InChI=1S/C20H25N5O/c26-20(17-4-6-21-19(14-17)25-7-1-5-22-25)24-10-8-23(9-11-24)18-13-15-2-3-16(18)12-15/h1,4-7,14-16,18H,2-3,8-13H2/t15-,16+,18-/m1/s1. The number of pyridine rings is 1. The van der Waals surface area contributed by atoms with Gasteiger partial charge < -0.3 is 4.90 Å². The summed E-state index contributed by atoms with van der Waals surface area (Å²) < 4.78 is 1.68. The molecule has 2 aromatic rings. The monoisotopic (exact) mass is 351 g/mol. The van der Waals surface area contributed by atoms with Gasteiger partial charge >= 0.3 is 0 Å². The normalized spacial score (nSPS) is 28.6. The Kier molecular flexibility index (Phi) is 4.00. The zero-order valence-electron chi connectivity index (χ0n) is 15.0. The molecule has 0 aromatic carbocycles.